The van der Waals surface area contributed by atoms with Gasteiger partial charge in [0, 0.05) is 16.8 Å². The van der Waals surface area contributed by atoms with E-state index in [4.69, 9.17) is 16.7 Å². The van der Waals surface area contributed by atoms with Crippen LogP contribution >= 0.6 is 11.6 Å². The molecule has 1 aromatic carbocycles. The summed E-state index contributed by atoms with van der Waals surface area (Å²) in [6.07, 6.45) is 7.72. The van der Waals surface area contributed by atoms with Crippen molar-refractivity contribution in [3.8, 4) is 0 Å². The van der Waals surface area contributed by atoms with Crippen LogP contribution in [-0.4, -0.2) is 22.0 Å². The number of carboxylic acids is 1. The van der Waals surface area contributed by atoms with Gasteiger partial charge in [-0.1, -0.05) is 42.7 Å². The van der Waals surface area contributed by atoms with Gasteiger partial charge in [0.1, 0.15) is 5.82 Å². The highest BCUT2D eigenvalue weighted by atomic mass is 35.5. The summed E-state index contributed by atoms with van der Waals surface area (Å²) >= 11 is 6.09. The molecule has 1 fully saturated rings. The molecule has 0 saturated heterocycles. The van der Waals surface area contributed by atoms with Gasteiger partial charge in [0.2, 0.25) is 0 Å². The average Bonchev–Trinajstić information content (AvgIpc) is 3.13. The maximum Gasteiger partial charge on any atom is 0.337 e. The summed E-state index contributed by atoms with van der Waals surface area (Å²) < 4.78 is 0. The van der Waals surface area contributed by atoms with E-state index in [0.717, 1.165) is 18.4 Å². The van der Waals surface area contributed by atoms with Gasteiger partial charge in [-0.05, 0) is 48.6 Å². The van der Waals surface area contributed by atoms with Crippen LogP contribution in [0.3, 0.4) is 0 Å². The number of hydrogen-bond donors (Lipinski definition) is 2. The van der Waals surface area contributed by atoms with Gasteiger partial charge in [0.05, 0.1) is 5.56 Å². The van der Waals surface area contributed by atoms with Gasteiger partial charge >= 0.3 is 5.97 Å². The number of benzene rings is 1. The molecule has 1 heterocycles. The van der Waals surface area contributed by atoms with Crippen LogP contribution in [0.25, 0.3) is 5.57 Å². The number of halogens is 1. The fraction of sp³-hybridized carbons (Fsp3) is 0.250. The number of hydrogen-bond acceptors (Lipinski definition) is 3. The largest absolute Gasteiger partial charge is 0.478 e. The third-order valence-electron chi connectivity index (χ3n) is 4.43. The van der Waals surface area contributed by atoms with Crippen LogP contribution in [0.1, 0.15) is 41.6 Å². The molecule has 0 unspecified atom stereocenters. The number of aromatic carboxylic acids is 1. The van der Waals surface area contributed by atoms with E-state index in [0.29, 0.717) is 22.3 Å². The second-order valence-electron chi connectivity index (χ2n) is 6.33. The first kappa shape index (κ1) is 18.1. The van der Waals surface area contributed by atoms with Crippen LogP contribution in [0.2, 0.25) is 5.02 Å². The Morgan fingerprint density at radius 3 is 2.54 bits per heavy atom. The van der Waals surface area contributed by atoms with Gasteiger partial charge in [0.15, 0.2) is 0 Å². The first-order chi connectivity index (χ1) is 12.5. The molecular formula is C20H19ClN2O3. The number of anilines is 1. The molecule has 0 bridgehead atoms. The summed E-state index contributed by atoms with van der Waals surface area (Å²) in [6, 6.07) is 10.1. The molecule has 0 atom stereocenters. The topological polar surface area (TPSA) is 79.3 Å². The molecule has 1 aliphatic carbocycles. The van der Waals surface area contributed by atoms with E-state index in [9.17, 15) is 9.59 Å². The summed E-state index contributed by atoms with van der Waals surface area (Å²) in [6.45, 7) is 0. The Bertz CT molecular complexity index is 840. The van der Waals surface area contributed by atoms with Crippen molar-refractivity contribution < 1.29 is 14.7 Å². The van der Waals surface area contributed by atoms with Crippen LogP contribution in [0.4, 0.5) is 5.82 Å². The summed E-state index contributed by atoms with van der Waals surface area (Å²) in [5.41, 5.74) is 1.38. The number of rotatable bonds is 5. The van der Waals surface area contributed by atoms with Crippen LogP contribution in [0.5, 0.6) is 0 Å². The maximum atomic E-state index is 12.9. The molecule has 1 aromatic heterocycles. The number of aromatic nitrogens is 1. The molecule has 2 aromatic rings. The van der Waals surface area contributed by atoms with Gasteiger partial charge in [-0.3, -0.25) is 4.79 Å². The van der Waals surface area contributed by atoms with E-state index in [1.54, 1.807) is 12.1 Å². The van der Waals surface area contributed by atoms with E-state index in [2.05, 4.69) is 10.3 Å². The smallest absolute Gasteiger partial charge is 0.337 e. The zero-order chi connectivity index (χ0) is 18.5. The number of carboxylic acid groups (broad SMARTS) is 1. The molecule has 134 valence electrons. The predicted octanol–water partition coefficient (Wildman–Crippen LogP) is 4.65. The van der Waals surface area contributed by atoms with Crippen molar-refractivity contribution in [2.45, 2.75) is 25.7 Å². The van der Waals surface area contributed by atoms with Crippen molar-refractivity contribution in [1.82, 2.24) is 4.98 Å². The number of allylic oxidation sites excluding steroid dienone is 1. The number of pyridine rings is 1. The minimum absolute atomic E-state index is 0.0690. The lowest BCUT2D eigenvalue weighted by atomic mass is 9.98. The fourth-order valence-corrected chi connectivity index (χ4v) is 3.29. The molecule has 26 heavy (non-hydrogen) atoms. The lowest BCUT2D eigenvalue weighted by molar-refractivity contribution is -0.111. The molecule has 0 spiro atoms. The summed E-state index contributed by atoms with van der Waals surface area (Å²) in [5.74, 6) is -0.665. The van der Waals surface area contributed by atoms with E-state index >= 15 is 0 Å². The third-order valence-corrected chi connectivity index (χ3v) is 4.67. The maximum absolute atomic E-state index is 12.9. The Morgan fingerprint density at radius 1 is 1.15 bits per heavy atom. The predicted molar refractivity (Wildman–Crippen MR) is 101 cm³/mol. The normalized spacial score (nSPS) is 15.0. The van der Waals surface area contributed by atoms with Crippen molar-refractivity contribution in [2.75, 3.05) is 5.32 Å². The fourth-order valence-electron chi connectivity index (χ4n) is 3.10. The molecule has 3 rings (SSSR count). The SMILES string of the molecule is O=C(Nc1ccc(C(=O)O)cn1)/C(=C\C1CCCC1)c1cccc(Cl)c1. The van der Waals surface area contributed by atoms with Crippen LogP contribution < -0.4 is 5.32 Å². The molecule has 0 aliphatic heterocycles. The van der Waals surface area contributed by atoms with Gasteiger partial charge in [-0.2, -0.15) is 0 Å². The van der Waals surface area contributed by atoms with Crippen molar-refractivity contribution >= 4 is 34.9 Å². The van der Waals surface area contributed by atoms with E-state index in [-0.39, 0.29) is 11.5 Å². The highest BCUT2D eigenvalue weighted by molar-refractivity contribution is 6.31. The molecule has 5 nitrogen and oxygen atoms in total. The average molecular weight is 371 g/mol. The van der Waals surface area contributed by atoms with Gasteiger partial charge in [0.25, 0.3) is 5.91 Å². The minimum atomic E-state index is -1.06. The Morgan fingerprint density at radius 2 is 1.92 bits per heavy atom. The second kappa shape index (κ2) is 8.15. The Labute approximate surface area is 156 Å². The van der Waals surface area contributed by atoms with E-state index in [1.807, 2.05) is 18.2 Å². The van der Waals surface area contributed by atoms with Crippen molar-refractivity contribution in [1.29, 1.82) is 0 Å². The molecule has 1 aliphatic rings. The number of amides is 1. The third kappa shape index (κ3) is 4.49. The molecule has 1 amide bonds. The van der Waals surface area contributed by atoms with Gasteiger partial charge < -0.3 is 10.4 Å². The molecule has 2 N–H and O–H groups in total. The second-order valence-corrected chi connectivity index (χ2v) is 6.76. The molecule has 0 radical (unpaired) electrons. The summed E-state index contributed by atoms with van der Waals surface area (Å²) in [5, 5.41) is 12.2. The first-order valence-electron chi connectivity index (χ1n) is 8.51. The quantitative estimate of drug-likeness (QED) is 0.751. The van der Waals surface area contributed by atoms with Crippen LogP contribution in [0.15, 0.2) is 48.7 Å². The zero-order valence-corrected chi connectivity index (χ0v) is 14.9. The lowest BCUT2D eigenvalue weighted by Crippen LogP contribution is -2.15. The van der Waals surface area contributed by atoms with Crippen molar-refractivity contribution in [2.24, 2.45) is 5.92 Å². The number of nitrogens with zero attached hydrogens (tertiary/aromatic N) is 1. The van der Waals surface area contributed by atoms with Crippen molar-refractivity contribution in [3.63, 3.8) is 0 Å². The molecule has 1 saturated carbocycles. The van der Waals surface area contributed by atoms with Crippen LogP contribution in [-0.2, 0) is 4.79 Å². The Hall–Kier alpha value is -2.66. The van der Waals surface area contributed by atoms with Crippen molar-refractivity contribution in [3.05, 3.63) is 64.8 Å². The number of carbonyl (C=O) groups is 2. The summed E-state index contributed by atoms with van der Waals surface area (Å²) in [7, 11) is 0. The van der Waals surface area contributed by atoms with E-state index in [1.165, 1.54) is 31.2 Å². The monoisotopic (exact) mass is 370 g/mol. The zero-order valence-electron chi connectivity index (χ0n) is 14.1. The molecular weight excluding hydrogens is 352 g/mol. The lowest BCUT2D eigenvalue weighted by Gasteiger charge is -2.12. The highest BCUT2D eigenvalue weighted by Gasteiger charge is 2.19. The van der Waals surface area contributed by atoms with E-state index < -0.39 is 5.97 Å². The van der Waals surface area contributed by atoms with Gasteiger partial charge in [-0.25, -0.2) is 9.78 Å². The summed E-state index contributed by atoms with van der Waals surface area (Å²) in [4.78, 5) is 27.8. The standard InChI is InChI=1S/C20H19ClN2O3/c21-16-7-3-6-14(11-16)17(10-13-4-1-2-5-13)19(24)23-18-9-8-15(12-22-18)20(25)26/h3,6-13H,1-2,4-5H2,(H,25,26)(H,22,23,24)/b17-10-. The number of nitrogens with one attached hydrogen (secondary N) is 1. The molecule has 6 heteroatoms. The highest BCUT2D eigenvalue weighted by Crippen LogP contribution is 2.30. The number of carbonyl (C=O) groups excluding carboxylic acids is 1. The Balaban J connectivity index is 1.85. The first-order valence-corrected chi connectivity index (χ1v) is 8.89. The van der Waals surface area contributed by atoms with Gasteiger partial charge in [-0.15, -0.1) is 0 Å². The minimum Gasteiger partial charge on any atom is -0.478 e. The Kier molecular flexibility index (Phi) is 5.68. The van der Waals surface area contributed by atoms with Crippen LogP contribution in [0, 0.1) is 5.92 Å².